The number of nitrogens with zero attached hydrogens (tertiary/aromatic N) is 3. The molecule has 0 atom stereocenters. The largest absolute Gasteiger partial charge is 0.492 e. The molecule has 1 aliphatic carbocycles. The van der Waals surface area contributed by atoms with Gasteiger partial charge in [0.05, 0.1) is 25.0 Å². The van der Waals surface area contributed by atoms with Crippen molar-refractivity contribution >= 4 is 23.2 Å². The van der Waals surface area contributed by atoms with Gasteiger partial charge in [-0.1, -0.05) is 13.0 Å². The molecule has 10 heteroatoms. The lowest BCUT2D eigenvalue weighted by atomic mass is 9.93. The van der Waals surface area contributed by atoms with E-state index in [9.17, 15) is 9.90 Å². The number of aromatic nitrogens is 2. The van der Waals surface area contributed by atoms with E-state index in [1.807, 2.05) is 31.2 Å². The normalized spacial score (nSPS) is 20.9. The molecule has 1 aromatic carbocycles. The fourth-order valence-corrected chi connectivity index (χ4v) is 4.42. The highest BCUT2D eigenvalue weighted by Crippen LogP contribution is 2.27. The van der Waals surface area contributed by atoms with Gasteiger partial charge < -0.3 is 30.9 Å². The molecule has 0 radical (unpaired) electrons. The summed E-state index contributed by atoms with van der Waals surface area (Å²) in [7, 11) is 0. The second kappa shape index (κ2) is 12.1. The van der Waals surface area contributed by atoms with E-state index in [-0.39, 0.29) is 17.8 Å². The summed E-state index contributed by atoms with van der Waals surface area (Å²) in [4.78, 5) is 23.7. The van der Waals surface area contributed by atoms with Gasteiger partial charge in [0.25, 0.3) is 5.91 Å². The Bertz CT molecular complexity index is 990. The Morgan fingerprint density at radius 2 is 1.97 bits per heavy atom. The highest BCUT2D eigenvalue weighted by atomic mass is 16.5. The molecule has 1 saturated carbocycles. The third kappa shape index (κ3) is 7.03. The van der Waals surface area contributed by atoms with Gasteiger partial charge in [-0.05, 0) is 44.2 Å². The Balaban J connectivity index is 1.46. The molecule has 5 N–H and O–H groups in total. The number of aryl methyl sites for hydroxylation is 1. The van der Waals surface area contributed by atoms with E-state index in [1.54, 1.807) is 0 Å². The molecule has 1 saturated heterocycles. The maximum Gasteiger partial charge on any atom is 0.271 e. The van der Waals surface area contributed by atoms with Crippen molar-refractivity contribution in [1.82, 2.24) is 14.9 Å². The van der Waals surface area contributed by atoms with Crippen LogP contribution in [0.4, 0.5) is 17.3 Å². The number of amides is 1. The van der Waals surface area contributed by atoms with Crippen LogP contribution >= 0.6 is 0 Å². The summed E-state index contributed by atoms with van der Waals surface area (Å²) < 4.78 is 11.3. The molecular weight excluding hydrogens is 448 g/mol. The van der Waals surface area contributed by atoms with Crippen molar-refractivity contribution in [3.8, 4) is 5.75 Å². The van der Waals surface area contributed by atoms with Gasteiger partial charge >= 0.3 is 0 Å². The van der Waals surface area contributed by atoms with Crippen molar-refractivity contribution in [2.24, 2.45) is 5.73 Å². The third-order valence-electron chi connectivity index (χ3n) is 6.45. The number of aliphatic hydroxyl groups is 1. The molecule has 1 aromatic heterocycles. The van der Waals surface area contributed by atoms with Crippen LogP contribution in [0.5, 0.6) is 5.75 Å². The second-order valence-electron chi connectivity index (χ2n) is 9.04. The zero-order chi connectivity index (χ0) is 24.6. The average Bonchev–Trinajstić information content (AvgIpc) is 2.86. The number of rotatable bonds is 10. The van der Waals surface area contributed by atoms with Crippen LogP contribution in [0.3, 0.4) is 0 Å². The number of primary amides is 1. The molecule has 0 unspecified atom stereocenters. The van der Waals surface area contributed by atoms with E-state index in [2.05, 4.69) is 20.5 Å². The SMILES string of the molecule is CCc1nc(C(N)=O)c(Nc2cccc(OCCN3CCOCC3)c2)nc1NC1CCC(O)CC1. The fraction of sp³-hybridized carbons (Fsp3) is 0.560. The first-order valence-electron chi connectivity index (χ1n) is 12.5. The Morgan fingerprint density at radius 1 is 1.20 bits per heavy atom. The molecule has 4 rings (SSSR count). The van der Waals surface area contributed by atoms with Crippen LogP contribution < -0.4 is 21.1 Å². The predicted molar refractivity (Wildman–Crippen MR) is 134 cm³/mol. The van der Waals surface area contributed by atoms with E-state index in [1.165, 1.54) is 0 Å². The minimum absolute atomic E-state index is 0.102. The van der Waals surface area contributed by atoms with Crippen molar-refractivity contribution in [3.05, 3.63) is 35.7 Å². The standard InChI is InChI=1S/C25H36N6O4/c1-2-21-24(27-17-6-8-19(32)9-7-17)30-25(22(29-21)23(26)33)28-18-4-3-5-20(16-18)35-15-12-31-10-13-34-14-11-31/h3-5,16-17,19,32H,2,6-15H2,1H3,(H2,26,33)(H2,27,28,30). The van der Waals surface area contributed by atoms with E-state index in [4.69, 9.17) is 20.2 Å². The van der Waals surface area contributed by atoms with E-state index in [0.29, 0.717) is 30.4 Å². The summed E-state index contributed by atoms with van der Waals surface area (Å²) in [5.74, 6) is 1.03. The van der Waals surface area contributed by atoms with Crippen LogP contribution in [0, 0.1) is 0 Å². The summed E-state index contributed by atoms with van der Waals surface area (Å²) in [6, 6.07) is 7.74. The quantitative estimate of drug-likeness (QED) is 0.401. The predicted octanol–water partition coefficient (Wildman–Crippen LogP) is 2.31. The van der Waals surface area contributed by atoms with Crippen LogP contribution in [0.25, 0.3) is 0 Å². The lowest BCUT2D eigenvalue weighted by molar-refractivity contribution is 0.0322. The number of aliphatic hydroxyl groups excluding tert-OH is 1. The van der Waals surface area contributed by atoms with Gasteiger partial charge in [0.2, 0.25) is 0 Å². The zero-order valence-corrected chi connectivity index (χ0v) is 20.3. The molecule has 190 valence electrons. The van der Waals surface area contributed by atoms with Gasteiger partial charge in [-0.25, -0.2) is 9.97 Å². The third-order valence-corrected chi connectivity index (χ3v) is 6.45. The molecule has 10 nitrogen and oxygen atoms in total. The summed E-state index contributed by atoms with van der Waals surface area (Å²) in [5, 5.41) is 16.5. The van der Waals surface area contributed by atoms with Gasteiger partial charge in [0.1, 0.15) is 18.2 Å². The number of hydrogen-bond acceptors (Lipinski definition) is 9. The maximum atomic E-state index is 12.2. The van der Waals surface area contributed by atoms with Gasteiger partial charge in [-0.2, -0.15) is 0 Å². The molecule has 2 heterocycles. The summed E-state index contributed by atoms with van der Waals surface area (Å²) in [6.45, 7) is 6.75. The van der Waals surface area contributed by atoms with Crippen molar-refractivity contribution in [3.63, 3.8) is 0 Å². The summed E-state index contributed by atoms with van der Waals surface area (Å²) in [6.07, 6.45) is 3.61. The minimum atomic E-state index is -0.639. The lowest BCUT2D eigenvalue weighted by Gasteiger charge is -2.27. The number of carbonyl (C=O) groups excluding carboxylic acids is 1. The van der Waals surface area contributed by atoms with Crippen LogP contribution in [-0.4, -0.2) is 77.5 Å². The highest BCUT2D eigenvalue weighted by Gasteiger charge is 2.23. The molecule has 1 aliphatic heterocycles. The van der Waals surface area contributed by atoms with Gasteiger partial charge in [-0.15, -0.1) is 0 Å². The maximum absolute atomic E-state index is 12.2. The number of morpholine rings is 1. The number of nitrogens with two attached hydrogens (primary N) is 1. The lowest BCUT2D eigenvalue weighted by Crippen LogP contribution is -2.38. The smallest absolute Gasteiger partial charge is 0.271 e. The number of benzene rings is 1. The number of ether oxygens (including phenoxy) is 2. The van der Waals surface area contributed by atoms with Crippen molar-refractivity contribution in [2.75, 3.05) is 50.1 Å². The van der Waals surface area contributed by atoms with Gasteiger partial charge in [-0.3, -0.25) is 9.69 Å². The van der Waals surface area contributed by atoms with Crippen LogP contribution in [0.2, 0.25) is 0 Å². The first-order valence-corrected chi connectivity index (χ1v) is 12.5. The van der Waals surface area contributed by atoms with Crippen LogP contribution in [0.1, 0.15) is 48.8 Å². The molecular formula is C25H36N6O4. The zero-order valence-electron chi connectivity index (χ0n) is 20.3. The van der Waals surface area contributed by atoms with Gasteiger partial charge in [0.15, 0.2) is 11.5 Å². The number of hydrogen-bond donors (Lipinski definition) is 4. The molecule has 1 amide bonds. The molecule has 0 bridgehead atoms. The number of anilines is 3. The minimum Gasteiger partial charge on any atom is -0.492 e. The summed E-state index contributed by atoms with van der Waals surface area (Å²) in [5.41, 5.74) is 7.16. The van der Waals surface area contributed by atoms with Crippen LogP contribution in [0.15, 0.2) is 24.3 Å². The first-order chi connectivity index (χ1) is 17.0. The van der Waals surface area contributed by atoms with Crippen molar-refractivity contribution < 1.29 is 19.4 Å². The molecule has 0 spiro atoms. The van der Waals surface area contributed by atoms with E-state index in [0.717, 1.165) is 70.0 Å². The van der Waals surface area contributed by atoms with Crippen molar-refractivity contribution in [2.45, 2.75) is 51.2 Å². The van der Waals surface area contributed by atoms with Gasteiger partial charge in [0, 0.05) is 37.4 Å². The van der Waals surface area contributed by atoms with Crippen molar-refractivity contribution in [1.29, 1.82) is 0 Å². The fourth-order valence-electron chi connectivity index (χ4n) is 4.42. The number of nitrogens with one attached hydrogen (secondary N) is 2. The number of carbonyl (C=O) groups is 1. The molecule has 35 heavy (non-hydrogen) atoms. The summed E-state index contributed by atoms with van der Waals surface area (Å²) >= 11 is 0. The first kappa shape index (κ1) is 25.2. The average molecular weight is 485 g/mol. The second-order valence-corrected chi connectivity index (χ2v) is 9.04. The van der Waals surface area contributed by atoms with Crippen LogP contribution in [-0.2, 0) is 11.2 Å². The Hall–Kier alpha value is -2.95. The van der Waals surface area contributed by atoms with E-state index < -0.39 is 5.91 Å². The molecule has 2 aliphatic rings. The highest BCUT2D eigenvalue weighted by molar-refractivity contribution is 5.96. The molecule has 2 fully saturated rings. The van der Waals surface area contributed by atoms with E-state index >= 15 is 0 Å². The Morgan fingerprint density at radius 3 is 2.69 bits per heavy atom. The Labute approximate surface area is 206 Å². The molecule has 2 aromatic rings. The Kier molecular flexibility index (Phi) is 8.73. The topological polar surface area (TPSA) is 135 Å². The monoisotopic (exact) mass is 484 g/mol.